The lowest BCUT2D eigenvalue weighted by molar-refractivity contribution is 0.000563. The Bertz CT molecular complexity index is 569. The number of hydrogen-bond acceptors (Lipinski definition) is 3. The number of rotatable bonds is 2. The molecule has 0 spiro atoms. The van der Waals surface area contributed by atoms with Crippen LogP contribution >= 0.6 is 15.9 Å². The van der Waals surface area contributed by atoms with E-state index >= 15 is 0 Å². The Kier molecular flexibility index (Phi) is 5.74. The number of benzene rings is 1. The molecule has 0 bridgehead atoms. The molecule has 0 aromatic heterocycles. The van der Waals surface area contributed by atoms with Gasteiger partial charge in [0.2, 0.25) is 0 Å². The van der Waals surface area contributed by atoms with E-state index in [1.54, 1.807) is 0 Å². The molecule has 1 fully saturated rings. The van der Waals surface area contributed by atoms with Gasteiger partial charge in [-0.2, -0.15) is 0 Å². The lowest BCUT2D eigenvalue weighted by atomic mass is 10.1. The van der Waals surface area contributed by atoms with Gasteiger partial charge in [-0.15, -0.1) is 0 Å². The van der Waals surface area contributed by atoms with Crippen LogP contribution < -0.4 is 0 Å². The van der Waals surface area contributed by atoms with Crippen LogP contribution in [-0.4, -0.2) is 47.2 Å². The summed E-state index contributed by atoms with van der Waals surface area (Å²) in [4.78, 5) is 16.5. The van der Waals surface area contributed by atoms with E-state index in [1.165, 1.54) is 11.1 Å². The molecule has 1 unspecified atom stereocenters. The maximum absolute atomic E-state index is 12.3. The van der Waals surface area contributed by atoms with Gasteiger partial charge < -0.3 is 9.64 Å². The van der Waals surface area contributed by atoms with E-state index in [2.05, 4.69) is 52.9 Å². The molecule has 0 N–H and O–H groups in total. The normalized spacial score (nSPS) is 19.7. The van der Waals surface area contributed by atoms with Crippen molar-refractivity contribution in [2.75, 3.05) is 19.6 Å². The molecule has 1 saturated heterocycles. The largest absolute Gasteiger partial charge is 0.444 e. The summed E-state index contributed by atoms with van der Waals surface area (Å²) in [5.74, 6) is 0. The molecule has 0 aliphatic carbocycles. The number of carbonyl (C=O) groups is 1. The molecule has 23 heavy (non-hydrogen) atoms. The minimum Gasteiger partial charge on any atom is -0.444 e. The zero-order chi connectivity index (χ0) is 17.2. The van der Waals surface area contributed by atoms with Crippen LogP contribution in [0.1, 0.15) is 38.8 Å². The number of halogens is 1. The summed E-state index contributed by atoms with van der Waals surface area (Å²) in [6, 6.07) is 6.64. The van der Waals surface area contributed by atoms with Crippen LogP contribution in [0.25, 0.3) is 0 Å². The van der Waals surface area contributed by atoms with Gasteiger partial charge in [0.15, 0.2) is 0 Å². The number of ether oxygens (including phenoxy) is 1. The molecule has 1 amide bonds. The van der Waals surface area contributed by atoms with E-state index < -0.39 is 5.60 Å². The molecule has 4 nitrogen and oxygen atoms in total. The SMILES string of the molecule is Cc1cc(CN2CCN(C(=O)OC(C)(C)C)C(C)C2)ccc1Br. The van der Waals surface area contributed by atoms with E-state index in [0.717, 1.165) is 24.1 Å². The number of carbonyl (C=O) groups excluding carboxylic acids is 1. The first kappa shape index (κ1) is 18.3. The van der Waals surface area contributed by atoms with E-state index in [9.17, 15) is 4.79 Å². The van der Waals surface area contributed by atoms with Gasteiger partial charge in [0.1, 0.15) is 5.60 Å². The lowest BCUT2D eigenvalue weighted by Crippen LogP contribution is -2.54. The second-order valence-corrected chi connectivity index (χ2v) is 8.20. The van der Waals surface area contributed by atoms with Crippen LogP contribution in [-0.2, 0) is 11.3 Å². The van der Waals surface area contributed by atoms with Crippen LogP contribution in [0, 0.1) is 6.92 Å². The molecule has 1 heterocycles. The van der Waals surface area contributed by atoms with Crippen molar-refractivity contribution in [3.8, 4) is 0 Å². The van der Waals surface area contributed by atoms with Crippen LogP contribution in [0.4, 0.5) is 4.79 Å². The van der Waals surface area contributed by atoms with Gasteiger partial charge in [0, 0.05) is 36.7 Å². The first-order chi connectivity index (χ1) is 10.7. The average molecular weight is 383 g/mol. The molecule has 128 valence electrons. The van der Waals surface area contributed by atoms with Gasteiger partial charge in [-0.1, -0.05) is 28.1 Å². The van der Waals surface area contributed by atoms with Crippen molar-refractivity contribution in [2.24, 2.45) is 0 Å². The third kappa shape index (κ3) is 5.21. The fourth-order valence-electron chi connectivity index (χ4n) is 2.83. The van der Waals surface area contributed by atoms with E-state index in [-0.39, 0.29) is 12.1 Å². The molecule has 2 rings (SSSR count). The summed E-state index contributed by atoms with van der Waals surface area (Å²) in [6.45, 7) is 13.3. The van der Waals surface area contributed by atoms with E-state index in [1.807, 2.05) is 25.7 Å². The zero-order valence-electron chi connectivity index (χ0n) is 14.7. The quantitative estimate of drug-likeness (QED) is 0.768. The molecule has 1 atom stereocenters. The van der Waals surface area contributed by atoms with Gasteiger partial charge >= 0.3 is 6.09 Å². The molecule has 1 aliphatic heterocycles. The number of amides is 1. The summed E-state index contributed by atoms with van der Waals surface area (Å²) in [6.07, 6.45) is -0.205. The lowest BCUT2D eigenvalue weighted by Gasteiger charge is -2.40. The summed E-state index contributed by atoms with van der Waals surface area (Å²) in [5.41, 5.74) is 2.12. The third-order valence-electron chi connectivity index (χ3n) is 3.97. The van der Waals surface area contributed by atoms with Gasteiger partial charge in [-0.25, -0.2) is 4.79 Å². The first-order valence-corrected chi connectivity index (χ1v) is 8.92. The minimum atomic E-state index is -0.442. The fraction of sp³-hybridized carbons (Fsp3) is 0.611. The molecular formula is C18H27BrN2O2. The molecule has 1 aliphatic rings. The molecule has 0 radical (unpaired) electrons. The van der Waals surface area contributed by atoms with Crippen LogP contribution in [0.3, 0.4) is 0 Å². The highest BCUT2D eigenvalue weighted by atomic mass is 79.9. The van der Waals surface area contributed by atoms with Crippen molar-refractivity contribution in [3.63, 3.8) is 0 Å². The number of hydrogen-bond donors (Lipinski definition) is 0. The van der Waals surface area contributed by atoms with Crippen LogP contribution in [0.2, 0.25) is 0 Å². The second kappa shape index (κ2) is 7.22. The summed E-state index contributed by atoms with van der Waals surface area (Å²) >= 11 is 3.54. The number of aryl methyl sites for hydroxylation is 1. The second-order valence-electron chi connectivity index (χ2n) is 7.34. The zero-order valence-corrected chi connectivity index (χ0v) is 16.3. The Hall–Kier alpha value is -1.07. The Balaban J connectivity index is 1.93. The molecule has 1 aromatic carbocycles. The predicted molar refractivity (Wildman–Crippen MR) is 96.6 cm³/mol. The number of nitrogens with zero attached hydrogens (tertiary/aromatic N) is 2. The van der Waals surface area contributed by atoms with Crippen molar-refractivity contribution in [2.45, 2.75) is 52.8 Å². The van der Waals surface area contributed by atoms with Gasteiger partial charge in [0.25, 0.3) is 0 Å². The molecule has 1 aromatic rings. The van der Waals surface area contributed by atoms with E-state index in [0.29, 0.717) is 6.54 Å². The summed E-state index contributed by atoms with van der Waals surface area (Å²) in [5, 5.41) is 0. The molecule has 0 saturated carbocycles. The topological polar surface area (TPSA) is 32.8 Å². The van der Waals surface area contributed by atoms with Crippen molar-refractivity contribution in [1.29, 1.82) is 0 Å². The third-order valence-corrected chi connectivity index (χ3v) is 4.86. The van der Waals surface area contributed by atoms with Crippen LogP contribution in [0.5, 0.6) is 0 Å². The highest BCUT2D eigenvalue weighted by Gasteiger charge is 2.30. The molecule has 5 heteroatoms. The smallest absolute Gasteiger partial charge is 0.410 e. The van der Waals surface area contributed by atoms with Crippen molar-refractivity contribution in [1.82, 2.24) is 9.80 Å². The Morgan fingerprint density at radius 3 is 2.61 bits per heavy atom. The first-order valence-electron chi connectivity index (χ1n) is 8.13. The van der Waals surface area contributed by atoms with Crippen molar-refractivity contribution in [3.05, 3.63) is 33.8 Å². The Labute approximate surface area is 147 Å². The van der Waals surface area contributed by atoms with E-state index in [4.69, 9.17) is 4.74 Å². The van der Waals surface area contributed by atoms with Gasteiger partial charge in [-0.3, -0.25) is 4.90 Å². The average Bonchev–Trinajstić information content (AvgIpc) is 2.41. The monoisotopic (exact) mass is 382 g/mol. The molecular weight excluding hydrogens is 356 g/mol. The highest BCUT2D eigenvalue weighted by Crippen LogP contribution is 2.20. The van der Waals surface area contributed by atoms with Crippen molar-refractivity contribution >= 4 is 22.0 Å². The number of piperazine rings is 1. The Morgan fingerprint density at radius 2 is 2.04 bits per heavy atom. The fourth-order valence-corrected chi connectivity index (χ4v) is 3.08. The maximum Gasteiger partial charge on any atom is 0.410 e. The predicted octanol–water partition coefficient (Wildman–Crippen LogP) is 4.20. The standard InChI is InChI=1S/C18H27BrN2O2/c1-13-10-15(6-7-16(13)19)12-20-8-9-21(14(2)11-20)17(22)23-18(3,4)5/h6-7,10,14H,8-9,11-12H2,1-5H3. The van der Waals surface area contributed by atoms with Gasteiger partial charge in [-0.05, 0) is 51.8 Å². The minimum absolute atomic E-state index is 0.162. The van der Waals surface area contributed by atoms with Crippen LogP contribution in [0.15, 0.2) is 22.7 Å². The summed E-state index contributed by atoms with van der Waals surface area (Å²) in [7, 11) is 0. The maximum atomic E-state index is 12.3. The van der Waals surface area contributed by atoms with Gasteiger partial charge in [0.05, 0.1) is 0 Å². The highest BCUT2D eigenvalue weighted by molar-refractivity contribution is 9.10. The van der Waals surface area contributed by atoms with Crippen molar-refractivity contribution < 1.29 is 9.53 Å². The summed E-state index contributed by atoms with van der Waals surface area (Å²) < 4.78 is 6.64. The Morgan fingerprint density at radius 1 is 1.35 bits per heavy atom.